The van der Waals surface area contributed by atoms with Crippen molar-refractivity contribution in [2.75, 3.05) is 0 Å². The molecule has 0 unspecified atom stereocenters. The highest BCUT2D eigenvalue weighted by Crippen LogP contribution is 2.07. The third-order valence-electron chi connectivity index (χ3n) is 2.55. The zero-order chi connectivity index (χ0) is 13.1. The summed E-state index contributed by atoms with van der Waals surface area (Å²) in [5, 5.41) is -0.00728. The van der Waals surface area contributed by atoms with Gasteiger partial charge in [-0.3, -0.25) is 14.3 Å². The van der Waals surface area contributed by atoms with E-state index in [9.17, 15) is 14.0 Å². The zero-order valence-electron chi connectivity index (χ0n) is 9.32. The summed E-state index contributed by atoms with van der Waals surface area (Å²) in [5.41, 5.74) is -0.636. The van der Waals surface area contributed by atoms with Crippen LogP contribution in [0.2, 0.25) is 5.15 Å². The van der Waals surface area contributed by atoms with Gasteiger partial charge in [0.05, 0.1) is 0 Å². The number of hydrogen-bond donors (Lipinski definition) is 1. The number of nitrogens with zero attached hydrogens (tertiary/aromatic N) is 1. The van der Waals surface area contributed by atoms with E-state index in [0.29, 0.717) is 5.56 Å². The molecule has 1 N–H and O–H groups in total. The molecule has 0 radical (unpaired) electrons. The SMILES string of the molecule is O=c1cc(Cl)[nH]c(=O)n1CCc1ccccc1F. The van der Waals surface area contributed by atoms with Crippen LogP contribution in [0.15, 0.2) is 39.9 Å². The van der Waals surface area contributed by atoms with Crippen LogP contribution in [0.3, 0.4) is 0 Å². The minimum Gasteiger partial charge on any atom is -0.298 e. The number of aromatic nitrogens is 2. The Morgan fingerprint density at radius 3 is 2.67 bits per heavy atom. The summed E-state index contributed by atoms with van der Waals surface area (Å²) in [6.45, 7) is 0.103. The average Bonchev–Trinajstić information content (AvgIpc) is 2.30. The topological polar surface area (TPSA) is 54.9 Å². The van der Waals surface area contributed by atoms with Gasteiger partial charge in [0.15, 0.2) is 0 Å². The molecule has 0 aliphatic carbocycles. The van der Waals surface area contributed by atoms with Gasteiger partial charge in [-0.15, -0.1) is 0 Å². The Bertz CT molecular complexity index is 647. The largest absolute Gasteiger partial charge is 0.329 e. The van der Waals surface area contributed by atoms with Crippen LogP contribution in [0.4, 0.5) is 4.39 Å². The van der Waals surface area contributed by atoms with Crippen LogP contribution in [-0.4, -0.2) is 9.55 Å². The van der Waals surface area contributed by atoms with Crippen LogP contribution in [0.1, 0.15) is 5.56 Å². The van der Waals surface area contributed by atoms with E-state index in [1.54, 1.807) is 18.2 Å². The first-order valence-electron chi connectivity index (χ1n) is 5.31. The Morgan fingerprint density at radius 1 is 1.28 bits per heavy atom. The van der Waals surface area contributed by atoms with Crippen molar-refractivity contribution in [1.29, 1.82) is 0 Å². The van der Waals surface area contributed by atoms with Crippen LogP contribution < -0.4 is 11.2 Å². The van der Waals surface area contributed by atoms with Crippen molar-refractivity contribution < 1.29 is 4.39 Å². The minimum atomic E-state index is -0.594. The number of nitrogens with one attached hydrogen (secondary N) is 1. The van der Waals surface area contributed by atoms with Gasteiger partial charge in [-0.05, 0) is 18.1 Å². The van der Waals surface area contributed by atoms with Gasteiger partial charge in [-0.1, -0.05) is 29.8 Å². The zero-order valence-corrected chi connectivity index (χ0v) is 10.1. The van der Waals surface area contributed by atoms with Crippen LogP contribution in [0, 0.1) is 5.82 Å². The molecule has 1 aromatic heterocycles. The van der Waals surface area contributed by atoms with Gasteiger partial charge in [-0.25, -0.2) is 9.18 Å². The maximum absolute atomic E-state index is 13.4. The normalized spacial score (nSPS) is 10.6. The number of aromatic amines is 1. The van der Waals surface area contributed by atoms with Crippen molar-refractivity contribution in [1.82, 2.24) is 9.55 Å². The maximum Gasteiger partial charge on any atom is 0.329 e. The van der Waals surface area contributed by atoms with Gasteiger partial charge < -0.3 is 0 Å². The summed E-state index contributed by atoms with van der Waals surface area (Å²) in [4.78, 5) is 25.3. The quantitative estimate of drug-likeness (QED) is 0.859. The predicted octanol–water partition coefficient (Wildman–Crippen LogP) is 1.57. The highest BCUT2D eigenvalue weighted by atomic mass is 35.5. The Balaban J connectivity index is 2.24. The summed E-state index contributed by atoms with van der Waals surface area (Å²) in [7, 11) is 0. The second kappa shape index (κ2) is 5.18. The van der Waals surface area contributed by atoms with Crippen molar-refractivity contribution >= 4 is 11.6 Å². The average molecular weight is 269 g/mol. The lowest BCUT2D eigenvalue weighted by Gasteiger charge is -2.05. The standard InChI is InChI=1S/C12H10ClFN2O2/c13-10-7-11(17)16(12(18)15-10)6-5-8-3-1-2-4-9(8)14/h1-4,7H,5-6H2,(H,15,18). The third kappa shape index (κ3) is 2.68. The monoisotopic (exact) mass is 268 g/mol. The van der Waals surface area contributed by atoms with E-state index in [1.165, 1.54) is 6.07 Å². The molecular formula is C12H10ClFN2O2. The Hall–Kier alpha value is -1.88. The molecule has 2 aromatic rings. The molecule has 1 aromatic carbocycles. The molecule has 0 amide bonds. The van der Waals surface area contributed by atoms with E-state index < -0.39 is 11.2 Å². The molecule has 0 aliphatic rings. The van der Waals surface area contributed by atoms with Crippen molar-refractivity contribution in [3.63, 3.8) is 0 Å². The molecule has 4 nitrogen and oxygen atoms in total. The van der Waals surface area contributed by atoms with Crippen molar-refractivity contribution in [3.8, 4) is 0 Å². The molecule has 0 atom stereocenters. The molecule has 0 aliphatic heterocycles. The number of aryl methyl sites for hydroxylation is 1. The van der Waals surface area contributed by atoms with E-state index in [1.807, 2.05) is 0 Å². The lowest BCUT2D eigenvalue weighted by molar-refractivity contribution is 0.578. The van der Waals surface area contributed by atoms with E-state index >= 15 is 0 Å². The fraction of sp³-hybridized carbons (Fsp3) is 0.167. The Labute approximate surface area is 107 Å². The smallest absolute Gasteiger partial charge is 0.298 e. The van der Waals surface area contributed by atoms with E-state index in [4.69, 9.17) is 11.6 Å². The highest BCUT2D eigenvalue weighted by Gasteiger charge is 2.05. The molecule has 94 valence electrons. The summed E-state index contributed by atoms with van der Waals surface area (Å²) < 4.78 is 14.3. The summed E-state index contributed by atoms with van der Waals surface area (Å²) >= 11 is 5.54. The van der Waals surface area contributed by atoms with Crippen molar-refractivity contribution in [2.24, 2.45) is 0 Å². The first-order valence-corrected chi connectivity index (χ1v) is 5.69. The summed E-state index contributed by atoms with van der Waals surface area (Å²) in [5.74, 6) is -0.351. The fourth-order valence-corrected chi connectivity index (χ4v) is 1.81. The van der Waals surface area contributed by atoms with E-state index in [0.717, 1.165) is 10.6 Å². The molecule has 0 spiro atoms. The van der Waals surface area contributed by atoms with Gasteiger partial charge >= 0.3 is 5.69 Å². The fourth-order valence-electron chi connectivity index (χ4n) is 1.64. The van der Waals surface area contributed by atoms with Gasteiger partial charge in [0, 0.05) is 12.6 Å². The van der Waals surface area contributed by atoms with Crippen molar-refractivity contribution in [2.45, 2.75) is 13.0 Å². The molecule has 2 rings (SSSR count). The van der Waals surface area contributed by atoms with Gasteiger partial charge in [0.25, 0.3) is 5.56 Å². The van der Waals surface area contributed by atoms with Gasteiger partial charge in [0.2, 0.25) is 0 Å². The first-order chi connectivity index (χ1) is 8.58. The molecule has 0 fully saturated rings. The molecule has 0 saturated carbocycles. The Morgan fingerprint density at radius 2 is 2.00 bits per heavy atom. The number of benzene rings is 1. The van der Waals surface area contributed by atoms with Crippen molar-refractivity contribution in [3.05, 3.63) is 67.7 Å². The minimum absolute atomic E-state index is 0.00728. The van der Waals surface area contributed by atoms with E-state index in [-0.39, 0.29) is 23.9 Å². The molecule has 18 heavy (non-hydrogen) atoms. The lowest BCUT2D eigenvalue weighted by Crippen LogP contribution is -2.35. The molecule has 0 saturated heterocycles. The molecular weight excluding hydrogens is 259 g/mol. The number of halogens is 2. The number of H-pyrrole nitrogens is 1. The molecule has 6 heteroatoms. The van der Waals surface area contributed by atoms with Gasteiger partial charge in [0.1, 0.15) is 11.0 Å². The highest BCUT2D eigenvalue weighted by molar-refractivity contribution is 6.29. The molecule has 0 bridgehead atoms. The van der Waals surface area contributed by atoms with Crippen LogP contribution in [0.5, 0.6) is 0 Å². The Kier molecular flexibility index (Phi) is 3.62. The predicted molar refractivity (Wildman–Crippen MR) is 66.4 cm³/mol. The first kappa shape index (κ1) is 12.6. The second-order valence-corrected chi connectivity index (χ2v) is 4.16. The lowest BCUT2D eigenvalue weighted by atomic mass is 10.1. The van der Waals surface area contributed by atoms with Gasteiger partial charge in [-0.2, -0.15) is 0 Å². The number of rotatable bonds is 3. The molecule has 1 heterocycles. The third-order valence-corrected chi connectivity index (χ3v) is 2.75. The summed E-state index contributed by atoms with van der Waals surface area (Å²) in [6, 6.07) is 7.35. The number of hydrogen-bond acceptors (Lipinski definition) is 2. The van der Waals surface area contributed by atoms with Crippen LogP contribution >= 0.6 is 11.6 Å². The van der Waals surface area contributed by atoms with E-state index in [2.05, 4.69) is 4.98 Å². The summed E-state index contributed by atoms with van der Waals surface area (Å²) in [6.07, 6.45) is 0.261. The van der Waals surface area contributed by atoms with Crippen LogP contribution in [-0.2, 0) is 13.0 Å². The van der Waals surface area contributed by atoms with Crippen LogP contribution in [0.25, 0.3) is 0 Å². The second-order valence-electron chi connectivity index (χ2n) is 3.75. The maximum atomic E-state index is 13.4.